The molecule has 2 N–H and O–H groups in total. The fraction of sp³-hybridized carbons (Fsp3) is 0.500. The van der Waals surface area contributed by atoms with Gasteiger partial charge in [0, 0.05) is 13.7 Å². The molecule has 2 unspecified atom stereocenters. The van der Waals surface area contributed by atoms with Crippen LogP contribution in [0.25, 0.3) is 0 Å². The number of ether oxygens (including phenoxy) is 1. The Balaban J connectivity index is 2.42. The number of nitrogens with zero attached hydrogens (tertiary/aromatic N) is 1. The molecule has 0 aromatic heterocycles. The number of nitrogens with two attached hydrogens (primary N) is 1. The van der Waals surface area contributed by atoms with Crippen molar-refractivity contribution in [2.45, 2.75) is 30.4 Å². The van der Waals surface area contributed by atoms with E-state index in [1.54, 1.807) is 0 Å². The zero-order valence-corrected chi connectivity index (χ0v) is 13.5. The maximum absolute atomic E-state index is 13.4. The maximum atomic E-state index is 13.4. The van der Waals surface area contributed by atoms with Crippen molar-refractivity contribution in [2.75, 3.05) is 19.4 Å². The third kappa shape index (κ3) is 2.69. The lowest BCUT2D eigenvalue weighted by Crippen LogP contribution is -2.41. The van der Waals surface area contributed by atoms with E-state index in [4.69, 9.17) is 10.5 Å². The average molecular weight is 367 g/mol. The first kappa shape index (κ1) is 15.7. The Morgan fingerprint density at radius 1 is 1.50 bits per heavy atom. The summed E-state index contributed by atoms with van der Waals surface area (Å²) in [6.07, 6.45) is 0.444. The standard InChI is InChI=1S/C12H16BrFN2O3S/c1-7-11(3-4-19-7)16(2)20(17,18)12-5-8(13)9(14)6-10(12)15/h5-7,11H,3-4,15H2,1-2H3. The molecule has 0 aliphatic carbocycles. The Hall–Kier alpha value is -0.700. The quantitative estimate of drug-likeness (QED) is 0.830. The first-order chi connectivity index (χ1) is 9.25. The van der Waals surface area contributed by atoms with Crippen LogP contribution in [0.4, 0.5) is 10.1 Å². The average Bonchev–Trinajstić information content (AvgIpc) is 2.78. The molecule has 2 rings (SSSR count). The van der Waals surface area contributed by atoms with E-state index < -0.39 is 15.8 Å². The number of anilines is 1. The summed E-state index contributed by atoms with van der Waals surface area (Å²) in [5.41, 5.74) is 5.54. The van der Waals surface area contributed by atoms with Crippen LogP contribution in [-0.4, -0.2) is 38.5 Å². The van der Waals surface area contributed by atoms with Crippen molar-refractivity contribution in [3.05, 3.63) is 22.4 Å². The molecule has 1 aromatic rings. The smallest absolute Gasteiger partial charge is 0.245 e. The van der Waals surface area contributed by atoms with E-state index in [-0.39, 0.29) is 27.2 Å². The van der Waals surface area contributed by atoms with Gasteiger partial charge in [-0.2, -0.15) is 4.31 Å². The Morgan fingerprint density at radius 3 is 2.70 bits per heavy atom. The predicted molar refractivity (Wildman–Crippen MR) is 77.3 cm³/mol. The lowest BCUT2D eigenvalue weighted by Gasteiger charge is -2.26. The van der Waals surface area contributed by atoms with Gasteiger partial charge in [-0.25, -0.2) is 12.8 Å². The van der Waals surface area contributed by atoms with E-state index in [0.29, 0.717) is 13.0 Å². The molecule has 1 saturated heterocycles. The van der Waals surface area contributed by atoms with Gasteiger partial charge in [0.25, 0.3) is 0 Å². The van der Waals surface area contributed by atoms with Crippen molar-refractivity contribution in [3.8, 4) is 0 Å². The van der Waals surface area contributed by atoms with Crippen LogP contribution in [0.1, 0.15) is 13.3 Å². The third-order valence-corrected chi connectivity index (χ3v) is 6.06. The summed E-state index contributed by atoms with van der Waals surface area (Å²) in [5, 5.41) is 0. The topological polar surface area (TPSA) is 72.6 Å². The molecule has 0 amide bonds. The van der Waals surface area contributed by atoms with Gasteiger partial charge in [-0.3, -0.25) is 0 Å². The first-order valence-electron chi connectivity index (χ1n) is 6.09. The number of sulfonamides is 1. The lowest BCUT2D eigenvalue weighted by molar-refractivity contribution is 0.102. The highest BCUT2D eigenvalue weighted by molar-refractivity contribution is 9.10. The highest BCUT2D eigenvalue weighted by Gasteiger charge is 2.36. The summed E-state index contributed by atoms with van der Waals surface area (Å²) in [7, 11) is -2.31. The van der Waals surface area contributed by atoms with Crippen LogP contribution in [0.15, 0.2) is 21.5 Å². The van der Waals surface area contributed by atoms with Crippen molar-refractivity contribution in [1.29, 1.82) is 0 Å². The molecular formula is C12H16BrFN2O3S. The van der Waals surface area contributed by atoms with E-state index in [0.717, 1.165) is 6.07 Å². The number of hydrogen-bond acceptors (Lipinski definition) is 4. The number of nitrogen functional groups attached to an aromatic ring is 1. The van der Waals surface area contributed by atoms with E-state index in [1.807, 2.05) is 6.92 Å². The van der Waals surface area contributed by atoms with Gasteiger partial charge in [-0.15, -0.1) is 0 Å². The Morgan fingerprint density at radius 2 is 2.15 bits per heavy atom. The van der Waals surface area contributed by atoms with Crippen molar-refractivity contribution in [1.82, 2.24) is 4.31 Å². The molecule has 2 atom stereocenters. The van der Waals surface area contributed by atoms with Gasteiger partial charge in [0.1, 0.15) is 10.7 Å². The molecule has 1 fully saturated rings. The summed E-state index contributed by atoms with van der Waals surface area (Å²) in [6.45, 7) is 2.35. The van der Waals surface area contributed by atoms with Crippen molar-refractivity contribution in [2.24, 2.45) is 0 Å². The molecule has 1 aliphatic heterocycles. The van der Waals surface area contributed by atoms with Crippen molar-refractivity contribution in [3.63, 3.8) is 0 Å². The fourth-order valence-electron chi connectivity index (χ4n) is 2.30. The minimum absolute atomic E-state index is 0.0643. The van der Waals surface area contributed by atoms with Crippen LogP contribution in [0.5, 0.6) is 0 Å². The fourth-order valence-corrected chi connectivity index (χ4v) is 4.36. The molecule has 0 saturated carbocycles. The Kier molecular flexibility index (Phi) is 4.38. The molecule has 0 bridgehead atoms. The molecule has 112 valence electrons. The van der Waals surface area contributed by atoms with Gasteiger partial charge in [0.15, 0.2) is 0 Å². The number of rotatable bonds is 3. The highest BCUT2D eigenvalue weighted by atomic mass is 79.9. The molecule has 5 nitrogen and oxygen atoms in total. The van der Waals surface area contributed by atoms with Crippen LogP contribution < -0.4 is 5.73 Å². The number of likely N-dealkylation sites (N-methyl/N-ethyl adjacent to an activating group) is 1. The van der Waals surface area contributed by atoms with E-state index in [9.17, 15) is 12.8 Å². The lowest BCUT2D eigenvalue weighted by atomic mass is 10.2. The number of halogens is 2. The Labute approximate surface area is 126 Å². The number of benzene rings is 1. The van der Waals surface area contributed by atoms with Crippen LogP contribution >= 0.6 is 15.9 Å². The molecular weight excluding hydrogens is 351 g/mol. The molecule has 20 heavy (non-hydrogen) atoms. The third-order valence-electron chi connectivity index (χ3n) is 3.51. The van der Waals surface area contributed by atoms with Crippen LogP contribution in [0.2, 0.25) is 0 Å². The number of hydrogen-bond donors (Lipinski definition) is 1. The summed E-state index contributed by atoms with van der Waals surface area (Å²) in [4.78, 5) is -0.104. The zero-order chi connectivity index (χ0) is 15.1. The maximum Gasteiger partial charge on any atom is 0.245 e. The van der Waals surface area contributed by atoms with Gasteiger partial charge in [-0.1, -0.05) is 0 Å². The molecule has 0 radical (unpaired) electrons. The molecule has 1 aliphatic rings. The van der Waals surface area contributed by atoms with Crippen molar-refractivity contribution < 1.29 is 17.5 Å². The highest BCUT2D eigenvalue weighted by Crippen LogP contribution is 2.31. The summed E-state index contributed by atoms with van der Waals surface area (Å²) >= 11 is 2.98. The van der Waals surface area contributed by atoms with Gasteiger partial charge in [-0.05, 0) is 41.4 Å². The van der Waals surface area contributed by atoms with Gasteiger partial charge >= 0.3 is 0 Å². The van der Waals surface area contributed by atoms with Crippen LogP contribution in [0, 0.1) is 5.82 Å². The first-order valence-corrected chi connectivity index (χ1v) is 8.32. The van der Waals surface area contributed by atoms with Gasteiger partial charge in [0.2, 0.25) is 10.0 Å². The molecule has 0 spiro atoms. The largest absolute Gasteiger partial charge is 0.398 e. The SMILES string of the molecule is CC1OCCC1N(C)S(=O)(=O)c1cc(Br)c(F)cc1N. The second kappa shape index (κ2) is 5.59. The second-order valence-electron chi connectivity index (χ2n) is 4.76. The van der Waals surface area contributed by atoms with E-state index >= 15 is 0 Å². The minimum Gasteiger partial charge on any atom is -0.398 e. The molecule has 8 heteroatoms. The van der Waals surface area contributed by atoms with Gasteiger partial charge < -0.3 is 10.5 Å². The van der Waals surface area contributed by atoms with E-state index in [2.05, 4.69) is 15.9 Å². The molecule has 1 aromatic carbocycles. The Bertz CT molecular complexity index is 623. The summed E-state index contributed by atoms with van der Waals surface area (Å²) in [6, 6.07) is 1.94. The van der Waals surface area contributed by atoms with Crippen LogP contribution in [-0.2, 0) is 14.8 Å². The van der Waals surface area contributed by atoms with Gasteiger partial charge in [0.05, 0.1) is 22.3 Å². The zero-order valence-electron chi connectivity index (χ0n) is 11.1. The normalized spacial score (nSPS) is 23.4. The van der Waals surface area contributed by atoms with E-state index in [1.165, 1.54) is 17.4 Å². The second-order valence-corrected chi connectivity index (χ2v) is 7.58. The molecule has 1 heterocycles. The summed E-state index contributed by atoms with van der Waals surface area (Å²) in [5.74, 6) is -0.596. The minimum atomic E-state index is -3.79. The predicted octanol–water partition coefficient (Wildman–Crippen LogP) is 1.97. The van der Waals surface area contributed by atoms with Crippen LogP contribution in [0.3, 0.4) is 0 Å². The summed E-state index contributed by atoms with van der Waals surface area (Å²) < 4.78 is 45.2. The monoisotopic (exact) mass is 366 g/mol. The van der Waals surface area contributed by atoms with Crippen molar-refractivity contribution >= 4 is 31.6 Å².